The summed E-state index contributed by atoms with van der Waals surface area (Å²) in [5, 5.41) is 13.0. The lowest BCUT2D eigenvalue weighted by Crippen LogP contribution is -2.31. The predicted molar refractivity (Wildman–Crippen MR) is 59.3 cm³/mol. The number of rotatable bonds is 5. The van der Waals surface area contributed by atoms with Crippen molar-refractivity contribution in [2.45, 2.75) is 25.4 Å². The minimum Gasteiger partial charge on any atom is -0.390 e. The van der Waals surface area contributed by atoms with E-state index < -0.39 is 5.60 Å². The Hall–Kier alpha value is -0.930. The number of hydrogen-bond donors (Lipinski definition) is 2. The van der Waals surface area contributed by atoms with E-state index in [-0.39, 0.29) is 5.82 Å². The van der Waals surface area contributed by atoms with Gasteiger partial charge >= 0.3 is 0 Å². The fourth-order valence-corrected chi connectivity index (χ4v) is 1.53. The Bertz CT molecular complexity index is 312. The molecule has 1 rings (SSSR count). The molecule has 3 heteroatoms. The van der Waals surface area contributed by atoms with Crippen molar-refractivity contribution in [3.63, 3.8) is 0 Å². The number of hydrogen-bond acceptors (Lipinski definition) is 2. The number of aliphatic hydroxyl groups is 1. The van der Waals surface area contributed by atoms with Gasteiger partial charge in [0.15, 0.2) is 0 Å². The van der Waals surface area contributed by atoms with E-state index in [0.717, 1.165) is 6.54 Å². The smallest absolute Gasteiger partial charge is 0.126 e. The van der Waals surface area contributed by atoms with Crippen LogP contribution in [-0.2, 0) is 6.42 Å². The Balaban J connectivity index is 2.64. The molecule has 0 aliphatic rings. The highest BCUT2D eigenvalue weighted by molar-refractivity contribution is 5.19. The summed E-state index contributed by atoms with van der Waals surface area (Å²) < 4.78 is 13.3. The molecule has 0 spiro atoms. The Kier molecular flexibility index (Phi) is 4.24. The molecule has 1 aromatic carbocycles. The molecule has 0 radical (unpaired) electrons. The van der Waals surface area contributed by atoms with Crippen LogP contribution in [0.1, 0.15) is 18.9 Å². The predicted octanol–water partition coefficient (Wildman–Crippen LogP) is 1.73. The maximum atomic E-state index is 13.3. The first-order valence-corrected chi connectivity index (χ1v) is 5.15. The Labute approximate surface area is 90.1 Å². The van der Waals surface area contributed by atoms with Crippen molar-refractivity contribution < 1.29 is 9.50 Å². The maximum absolute atomic E-state index is 13.3. The van der Waals surface area contributed by atoms with Crippen LogP contribution in [0.25, 0.3) is 0 Å². The van der Waals surface area contributed by atoms with Gasteiger partial charge in [0.1, 0.15) is 5.82 Å². The van der Waals surface area contributed by atoms with Crippen molar-refractivity contribution in [3.8, 4) is 0 Å². The van der Waals surface area contributed by atoms with Crippen LogP contribution in [0, 0.1) is 5.82 Å². The molecule has 1 aromatic rings. The van der Waals surface area contributed by atoms with Crippen LogP contribution >= 0.6 is 0 Å². The molecule has 2 N–H and O–H groups in total. The first kappa shape index (κ1) is 12.1. The van der Waals surface area contributed by atoms with E-state index >= 15 is 0 Å². The van der Waals surface area contributed by atoms with E-state index in [1.165, 1.54) is 6.07 Å². The highest BCUT2D eigenvalue weighted by Gasteiger charge is 2.21. The standard InChI is InChI=1S/C12H18FNO/c1-12(15,7-8-14-2)9-10-5-3-4-6-11(10)13/h3-6,14-15H,7-9H2,1-2H3. The number of nitrogens with one attached hydrogen (secondary N) is 1. The second-order valence-electron chi connectivity index (χ2n) is 4.12. The zero-order chi connectivity index (χ0) is 11.3. The van der Waals surface area contributed by atoms with Crippen molar-refractivity contribution in [1.29, 1.82) is 0 Å². The summed E-state index contributed by atoms with van der Waals surface area (Å²) in [6.07, 6.45) is 0.958. The summed E-state index contributed by atoms with van der Waals surface area (Å²) in [5.41, 5.74) is -0.288. The molecule has 1 unspecified atom stereocenters. The van der Waals surface area contributed by atoms with E-state index in [1.807, 2.05) is 7.05 Å². The number of halogens is 1. The second kappa shape index (κ2) is 5.24. The first-order valence-electron chi connectivity index (χ1n) is 5.15. The van der Waals surface area contributed by atoms with Crippen LogP contribution in [0.3, 0.4) is 0 Å². The van der Waals surface area contributed by atoms with Crippen LogP contribution < -0.4 is 5.32 Å². The van der Waals surface area contributed by atoms with Crippen molar-refractivity contribution in [1.82, 2.24) is 5.32 Å². The Morgan fingerprint density at radius 2 is 2.07 bits per heavy atom. The fourth-order valence-electron chi connectivity index (χ4n) is 1.53. The van der Waals surface area contributed by atoms with E-state index in [4.69, 9.17) is 0 Å². The molecule has 0 bridgehead atoms. The lowest BCUT2D eigenvalue weighted by atomic mass is 9.93. The largest absolute Gasteiger partial charge is 0.390 e. The summed E-state index contributed by atoms with van der Waals surface area (Å²) in [6.45, 7) is 2.46. The molecule has 0 amide bonds. The lowest BCUT2D eigenvalue weighted by Gasteiger charge is -2.23. The molecule has 1 atom stereocenters. The van der Waals surface area contributed by atoms with Crippen molar-refractivity contribution in [3.05, 3.63) is 35.6 Å². The lowest BCUT2D eigenvalue weighted by molar-refractivity contribution is 0.0512. The van der Waals surface area contributed by atoms with Crippen molar-refractivity contribution >= 4 is 0 Å². The van der Waals surface area contributed by atoms with Gasteiger partial charge in [-0.25, -0.2) is 4.39 Å². The van der Waals surface area contributed by atoms with Crippen LogP contribution in [0.5, 0.6) is 0 Å². The third kappa shape index (κ3) is 3.98. The monoisotopic (exact) mass is 211 g/mol. The Morgan fingerprint density at radius 1 is 1.40 bits per heavy atom. The third-order valence-electron chi connectivity index (χ3n) is 2.44. The van der Waals surface area contributed by atoms with Crippen LogP contribution in [0.4, 0.5) is 4.39 Å². The fraction of sp³-hybridized carbons (Fsp3) is 0.500. The average Bonchev–Trinajstić information content (AvgIpc) is 2.18. The Morgan fingerprint density at radius 3 is 2.67 bits per heavy atom. The summed E-state index contributed by atoms with van der Waals surface area (Å²) in [6, 6.07) is 6.57. The van der Waals surface area contributed by atoms with Gasteiger partial charge in [-0.3, -0.25) is 0 Å². The molecule has 0 fully saturated rings. The van der Waals surface area contributed by atoms with Gasteiger partial charge in [0.2, 0.25) is 0 Å². The SMILES string of the molecule is CNCCC(C)(O)Cc1ccccc1F. The molecular formula is C12H18FNO. The third-order valence-corrected chi connectivity index (χ3v) is 2.44. The molecule has 0 saturated heterocycles. The second-order valence-corrected chi connectivity index (χ2v) is 4.12. The minimum atomic E-state index is -0.856. The van der Waals surface area contributed by atoms with Gasteiger partial charge in [0.05, 0.1) is 5.60 Å². The van der Waals surface area contributed by atoms with Gasteiger partial charge in [-0.2, -0.15) is 0 Å². The van der Waals surface area contributed by atoms with Crippen LogP contribution in [-0.4, -0.2) is 24.3 Å². The summed E-state index contributed by atoms with van der Waals surface area (Å²) in [5.74, 6) is -0.248. The highest BCUT2D eigenvalue weighted by atomic mass is 19.1. The van der Waals surface area contributed by atoms with Gasteiger partial charge in [-0.1, -0.05) is 18.2 Å². The van der Waals surface area contributed by atoms with E-state index in [9.17, 15) is 9.50 Å². The average molecular weight is 211 g/mol. The molecule has 0 aromatic heterocycles. The molecule has 0 aliphatic carbocycles. The van der Waals surface area contributed by atoms with Crippen LogP contribution in [0.2, 0.25) is 0 Å². The highest BCUT2D eigenvalue weighted by Crippen LogP contribution is 2.18. The number of benzene rings is 1. The first-order chi connectivity index (χ1) is 7.05. The van der Waals surface area contributed by atoms with Crippen LogP contribution in [0.15, 0.2) is 24.3 Å². The molecule has 15 heavy (non-hydrogen) atoms. The summed E-state index contributed by atoms with van der Waals surface area (Å²) in [4.78, 5) is 0. The molecule has 0 saturated carbocycles. The van der Waals surface area contributed by atoms with Gasteiger partial charge < -0.3 is 10.4 Å². The molecule has 0 aliphatic heterocycles. The molecule has 2 nitrogen and oxygen atoms in total. The topological polar surface area (TPSA) is 32.3 Å². The zero-order valence-corrected chi connectivity index (χ0v) is 9.26. The summed E-state index contributed by atoms with van der Waals surface area (Å²) >= 11 is 0. The molecular weight excluding hydrogens is 193 g/mol. The van der Waals surface area contributed by atoms with Crippen molar-refractivity contribution in [2.24, 2.45) is 0 Å². The molecule has 84 valence electrons. The van der Waals surface area contributed by atoms with Gasteiger partial charge in [-0.15, -0.1) is 0 Å². The quantitative estimate of drug-likeness (QED) is 0.777. The van der Waals surface area contributed by atoms with Gasteiger partial charge in [0, 0.05) is 6.42 Å². The zero-order valence-electron chi connectivity index (χ0n) is 9.26. The van der Waals surface area contributed by atoms with E-state index in [1.54, 1.807) is 25.1 Å². The molecule has 0 heterocycles. The van der Waals surface area contributed by atoms with E-state index in [2.05, 4.69) is 5.32 Å². The summed E-state index contributed by atoms with van der Waals surface area (Å²) in [7, 11) is 1.83. The maximum Gasteiger partial charge on any atom is 0.126 e. The van der Waals surface area contributed by atoms with E-state index in [0.29, 0.717) is 18.4 Å². The van der Waals surface area contributed by atoms with Gasteiger partial charge in [0.25, 0.3) is 0 Å². The van der Waals surface area contributed by atoms with Crippen molar-refractivity contribution in [2.75, 3.05) is 13.6 Å². The minimum absolute atomic E-state index is 0.248. The normalized spacial score (nSPS) is 14.9. The van der Waals surface area contributed by atoms with Gasteiger partial charge in [-0.05, 0) is 38.6 Å².